The predicted octanol–water partition coefficient (Wildman–Crippen LogP) is 3.70. The van der Waals surface area contributed by atoms with Crippen LogP contribution < -0.4 is 19.5 Å². The summed E-state index contributed by atoms with van der Waals surface area (Å²) in [4.78, 5) is 12.2. The SMILES string of the molecule is COc1ccc(OC[C@H](C)NC(=O)[C@H](C)Oc2ccc(Cl)cc2)cc1. The quantitative estimate of drug-likeness (QED) is 0.777. The molecular formula is C19H22ClNO4. The average molecular weight is 364 g/mol. The monoisotopic (exact) mass is 363 g/mol. The molecule has 0 aromatic heterocycles. The molecule has 0 fully saturated rings. The molecule has 1 amide bonds. The molecule has 0 spiro atoms. The molecule has 2 atom stereocenters. The van der Waals surface area contributed by atoms with Crippen molar-refractivity contribution in [2.45, 2.75) is 26.0 Å². The average Bonchev–Trinajstić information content (AvgIpc) is 2.62. The zero-order valence-electron chi connectivity index (χ0n) is 14.5. The van der Waals surface area contributed by atoms with Crippen LogP contribution in [0.2, 0.25) is 5.02 Å². The second kappa shape index (κ2) is 9.18. The van der Waals surface area contributed by atoms with Crippen molar-refractivity contribution >= 4 is 17.5 Å². The second-order valence-electron chi connectivity index (χ2n) is 5.61. The minimum Gasteiger partial charge on any atom is -0.497 e. The van der Waals surface area contributed by atoms with Crippen LogP contribution in [0.25, 0.3) is 0 Å². The minimum absolute atomic E-state index is 0.161. The van der Waals surface area contributed by atoms with Crippen molar-refractivity contribution in [3.05, 3.63) is 53.6 Å². The summed E-state index contributed by atoms with van der Waals surface area (Å²) < 4.78 is 16.3. The van der Waals surface area contributed by atoms with Gasteiger partial charge in [-0.2, -0.15) is 0 Å². The minimum atomic E-state index is -0.621. The van der Waals surface area contributed by atoms with Crippen molar-refractivity contribution in [3.8, 4) is 17.2 Å². The van der Waals surface area contributed by atoms with Gasteiger partial charge in [0.25, 0.3) is 5.91 Å². The third-order valence-electron chi connectivity index (χ3n) is 3.44. The number of hydrogen-bond acceptors (Lipinski definition) is 4. The number of rotatable bonds is 8. The number of benzene rings is 2. The van der Waals surface area contributed by atoms with Gasteiger partial charge in [0.1, 0.15) is 23.9 Å². The van der Waals surface area contributed by atoms with Crippen LogP contribution in [0.1, 0.15) is 13.8 Å². The summed E-state index contributed by atoms with van der Waals surface area (Å²) >= 11 is 5.83. The molecule has 0 bridgehead atoms. The van der Waals surface area contributed by atoms with Gasteiger partial charge in [-0.3, -0.25) is 4.79 Å². The fraction of sp³-hybridized carbons (Fsp3) is 0.316. The van der Waals surface area contributed by atoms with Gasteiger partial charge < -0.3 is 19.5 Å². The maximum Gasteiger partial charge on any atom is 0.261 e. The summed E-state index contributed by atoms with van der Waals surface area (Å²) in [6.07, 6.45) is -0.621. The number of amides is 1. The number of hydrogen-bond donors (Lipinski definition) is 1. The zero-order valence-corrected chi connectivity index (χ0v) is 15.2. The Bertz CT molecular complexity index is 673. The standard InChI is InChI=1S/C19H22ClNO4/c1-13(12-24-17-10-8-16(23-3)9-11-17)21-19(22)14(2)25-18-6-4-15(20)5-7-18/h4-11,13-14H,12H2,1-3H3,(H,21,22)/t13-,14-/m0/s1. The Labute approximate surface area is 152 Å². The maximum atomic E-state index is 12.2. The van der Waals surface area contributed by atoms with Crippen molar-refractivity contribution in [3.63, 3.8) is 0 Å². The van der Waals surface area contributed by atoms with E-state index in [0.717, 1.165) is 5.75 Å². The van der Waals surface area contributed by atoms with Crippen LogP contribution in [0, 0.1) is 0 Å². The van der Waals surface area contributed by atoms with E-state index < -0.39 is 6.10 Å². The van der Waals surface area contributed by atoms with E-state index in [1.807, 2.05) is 31.2 Å². The van der Waals surface area contributed by atoms with E-state index in [4.69, 9.17) is 25.8 Å². The number of halogens is 1. The highest BCUT2D eigenvalue weighted by Gasteiger charge is 2.17. The lowest BCUT2D eigenvalue weighted by molar-refractivity contribution is -0.128. The van der Waals surface area contributed by atoms with Gasteiger partial charge in [-0.05, 0) is 62.4 Å². The molecule has 25 heavy (non-hydrogen) atoms. The second-order valence-corrected chi connectivity index (χ2v) is 6.05. The van der Waals surface area contributed by atoms with Crippen molar-refractivity contribution in [2.24, 2.45) is 0 Å². The molecular weight excluding hydrogens is 342 g/mol. The van der Waals surface area contributed by atoms with Crippen molar-refractivity contribution in [1.82, 2.24) is 5.32 Å². The molecule has 5 nitrogen and oxygen atoms in total. The highest BCUT2D eigenvalue weighted by atomic mass is 35.5. The molecule has 0 heterocycles. The molecule has 134 valence electrons. The topological polar surface area (TPSA) is 56.8 Å². The van der Waals surface area contributed by atoms with Crippen LogP contribution in [0.15, 0.2) is 48.5 Å². The van der Waals surface area contributed by atoms with E-state index in [2.05, 4.69) is 5.32 Å². The highest BCUT2D eigenvalue weighted by molar-refractivity contribution is 6.30. The molecule has 2 aromatic carbocycles. The van der Waals surface area contributed by atoms with Crippen LogP contribution in [0.5, 0.6) is 17.2 Å². The molecule has 0 radical (unpaired) electrons. The summed E-state index contributed by atoms with van der Waals surface area (Å²) in [5.74, 6) is 1.87. The number of carbonyl (C=O) groups is 1. The first kappa shape index (κ1) is 18.9. The summed E-state index contributed by atoms with van der Waals surface area (Å²) in [5, 5.41) is 3.48. The van der Waals surface area contributed by atoms with E-state index in [1.54, 1.807) is 38.3 Å². The van der Waals surface area contributed by atoms with E-state index in [0.29, 0.717) is 23.1 Å². The van der Waals surface area contributed by atoms with Gasteiger partial charge in [0, 0.05) is 5.02 Å². The summed E-state index contributed by atoms with van der Waals surface area (Å²) in [6, 6.07) is 14.0. The third-order valence-corrected chi connectivity index (χ3v) is 3.70. The van der Waals surface area contributed by atoms with E-state index in [-0.39, 0.29) is 11.9 Å². The summed E-state index contributed by atoms with van der Waals surface area (Å²) in [5.41, 5.74) is 0. The Morgan fingerprint density at radius 2 is 1.56 bits per heavy atom. The molecule has 0 aliphatic heterocycles. The van der Waals surface area contributed by atoms with Crippen LogP contribution in [-0.4, -0.2) is 31.8 Å². The lowest BCUT2D eigenvalue weighted by Crippen LogP contribution is -2.43. The summed E-state index contributed by atoms with van der Waals surface area (Å²) in [7, 11) is 1.61. The van der Waals surface area contributed by atoms with Crippen LogP contribution in [-0.2, 0) is 4.79 Å². The number of nitrogens with one attached hydrogen (secondary N) is 1. The molecule has 0 unspecified atom stereocenters. The van der Waals surface area contributed by atoms with Crippen LogP contribution in [0.3, 0.4) is 0 Å². The normalized spacial score (nSPS) is 12.8. The van der Waals surface area contributed by atoms with E-state index >= 15 is 0 Å². The van der Waals surface area contributed by atoms with Crippen molar-refractivity contribution in [1.29, 1.82) is 0 Å². The van der Waals surface area contributed by atoms with E-state index in [1.165, 1.54) is 0 Å². The van der Waals surface area contributed by atoms with Gasteiger partial charge in [-0.1, -0.05) is 11.6 Å². The lowest BCUT2D eigenvalue weighted by Gasteiger charge is -2.19. The zero-order chi connectivity index (χ0) is 18.2. The molecule has 0 saturated heterocycles. The van der Waals surface area contributed by atoms with Crippen molar-refractivity contribution in [2.75, 3.05) is 13.7 Å². The highest BCUT2D eigenvalue weighted by Crippen LogP contribution is 2.18. The van der Waals surface area contributed by atoms with Gasteiger partial charge in [-0.15, -0.1) is 0 Å². The maximum absolute atomic E-state index is 12.2. The summed E-state index contributed by atoms with van der Waals surface area (Å²) in [6.45, 7) is 3.92. The first-order valence-corrected chi connectivity index (χ1v) is 8.35. The molecule has 6 heteroatoms. The van der Waals surface area contributed by atoms with Gasteiger partial charge in [0.05, 0.1) is 13.2 Å². The number of carbonyl (C=O) groups excluding carboxylic acids is 1. The number of ether oxygens (including phenoxy) is 3. The van der Waals surface area contributed by atoms with Gasteiger partial charge in [-0.25, -0.2) is 0 Å². The Kier molecular flexibility index (Phi) is 6.95. The van der Waals surface area contributed by atoms with Crippen LogP contribution >= 0.6 is 11.6 Å². The first-order chi connectivity index (χ1) is 12.0. The molecule has 2 rings (SSSR count). The first-order valence-electron chi connectivity index (χ1n) is 7.97. The smallest absolute Gasteiger partial charge is 0.261 e. The largest absolute Gasteiger partial charge is 0.497 e. The fourth-order valence-electron chi connectivity index (χ4n) is 2.07. The Morgan fingerprint density at radius 3 is 2.16 bits per heavy atom. The van der Waals surface area contributed by atoms with Gasteiger partial charge >= 0.3 is 0 Å². The Balaban J connectivity index is 1.77. The Hall–Kier alpha value is -2.40. The van der Waals surface area contributed by atoms with Crippen LogP contribution in [0.4, 0.5) is 0 Å². The number of methoxy groups -OCH3 is 1. The predicted molar refractivity (Wildman–Crippen MR) is 97.6 cm³/mol. The van der Waals surface area contributed by atoms with E-state index in [9.17, 15) is 4.79 Å². The molecule has 0 aliphatic rings. The molecule has 0 saturated carbocycles. The molecule has 0 aliphatic carbocycles. The lowest BCUT2D eigenvalue weighted by atomic mass is 10.3. The third kappa shape index (κ3) is 6.19. The molecule has 2 aromatic rings. The molecule has 1 N–H and O–H groups in total. The van der Waals surface area contributed by atoms with Crippen molar-refractivity contribution < 1.29 is 19.0 Å². The van der Waals surface area contributed by atoms with Gasteiger partial charge in [0.15, 0.2) is 6.10 Å². The fourth-order valence-corrected chi connectivity index (χ4v) is 2.19. The van der Waals surface area contributed by atoms with Gasteiger partial charge in [0.2, 0.25) is 0 Å². The Morgan fingerprint density at radius 1 is 1.00 bits per heavy atom.